The van der Waals surface area contributed by atoms with E-state index in [-0.39, 0.29) is 0 Å². The van der Waals surface area contributed by atoms with Crippen LogP contribution in [0.2, 0.25) is 0 Å². The van der Waals surface area contributed by atoms with E-state index in [0.29, 0.717) is 11.2 Å². The quantitative estimate of drug-likeness (QED) is 0.181. The van der Waals surface area contributed by atoms with Crippen molar-refractivity contribution >= 4 is 0 Å². The zero-order chi connectivity index (χ0) is 9.07. The number of hydrogen-bond acceptors (Lipinski definition) is 4. The molecule has 0 aliphatic heterocycles. The molecule has 0 amide bonds. The van der Waals surface area contributed by atoms with E-state index in [1.54, 1.807) is 0 Å². The van der Waals surface area contributed by atoms with Crippen LogP contribution in [0.5, 0.6) is 0 Å². The molecule has 6 heteroatoms. The molecule has 0 saturated carbocycles. The van der Waals surface area contributed by atoms with E-state index >= 15 is 0 Å². The van der Waals surface area contributed by atoms with Crippen molar-refractivity contribution in [1.82, 2.24) is 10.9 Å². The molecule has 0 fully saturated rings. The normalized spacial score (nSPS) is 10.5. The van der Waals surface area contributed by atoms with Crippen LogP contribution in [-0.2, 0) is 0 Å². The summed E-state index contributed by atoms with van der Waals surface area (Å²) in [6.45, 7) is 1.51. The van der Waals surface area contributed by atoms with Gasteiger partial charge in [0.2, 0.25) is 0 Å². The first-order valence-electron chi connectivity index (χ1n) is 4.26. The lowest BCUT2D eigenvalue weighted by Crippen LogP contribution is -2.87. The minimum absolute atomic E-state index is 0.716. The summed E-state index contributed by atoms with van der Waals surface area (Å²) < 4.78 is 0. The Morgan fingerprint density at radius 3 is 1.50 bits per heavy atom. The van der Waals surface area contributed by atoms with Crippen molar-refractivity contribution in [1.29, 1.82) is 0 Å². The van der Waals surface area contributed by atoms with Gasteiger partial charge in [-0.2, -0.15) is 10.9 Å². The predicted octanol–water partition coefficient (Wildman–Crippen LogP) is -2.32. The molecule has 0 radical (unpaired) electrons. The van der Waals surface area contributed by atoms with E-state index in [0.717, 1.165) is 38.8 Å². The fourth-order valence-electron chi connectivity index (χ4n) is 0.926. The number of hydrogen-bond donors (Lipinski definition) is 4. The Morgan fingerprint density at radius 2 is 1.17 bits per heavy atom. The molecule has 74 valence electrons. The summed E-state index contributed by atoms with van der Waals surface area (Å²) >= 11 is 0. The Morgan fingerprint density at radius 1 is 0.750 bits per heavy atom. The van der Waals surface area contributed by atoms with Crippen LogP contribution in [-0.4, -0.2) is 13.1 Å². The molecule has 0 saturated heterocycles. The van der Waals surface area contributed by atoms with Crippen molar-refractivity contribution in [2.75, 3.05) is 13.1 Å². The minimum atomic E-state index is 0.716. The van der Waals surface area contributed by atoms with Crippen LogP contribution >= 0.6 is 0 Å². The molecular formula is C6H18N4O2. The van der Waals surface area contributed by atoms with Gasteiger partial charge in [0.1, 0.15) is 0 Å². The molecular weight excluding hydrogens is 160 g/mol. The number of nitrogens with one attached hydrogen (secondary N) is 2. The molecule has 12 heavy (non-hydrogen) atoms. The Balaban J connectivity index is 2.73. The van der Waals surface area contributed by atoms with Crippen molar-refractivity contribution in [3.63, 3.8) is 0 Å². The molecule has 0 aliphatic carbocycles. The first-order chi connectivity index (χ1) is 5.91. The number of quaternary nitrogens is 2. The highest BCUT2D eigenvalue weighted by Gasteiger charge is 1.89. The summed E-state index contributed by atoms with van der Waals surface area (Å²) in [6, 6.07) is 0. The summed E-state index contributed by atoms with van der Waals surface area (Å²) in [5.41, 5.74) is 6.63. The molecule has 0 aromatic rings. The smallest absolute Gasteiger partial charge is 0.0447 e. The molecule has 0 atom stereocenters. The number of unbranched alkanes of at least 4 members (excludes halogenated alkanes) is 3. The Kier molecular flexibility index (Phi) is 10.5. The highest BCUT2D eigenvalue weighted by atomic mass is 16.5. The van der Waals surface area contributed by atoms with Gasteiger partial charge in [-0.15, -0.1) is 0 Å². The summed E-state index contributed by atoms with van der Waals surface area (Å²) in [7, 11) is 0. The van der Waals surface area contributed by atoms with Crippen LogP contribution < -0.4 is 22.0 Å². The zero-order valence-electron chi connectivity index (χ0n) is 7.21. The minimum Gasteiger partial charge on any atom is -0.615 e. The molecule has 0 heterocycles. The van der Waals surface area contributed by atoms with Gasteiger partial charge < -0.3 is 21.6 Å². The largest absolute Gasteiger partial charge is 0.615 e. The molecule has 0 rings (SSSR count). The van der Waals surface area contributed by atoms with Gasteiger partial charge in [-0.3, -0.25) is 0 Å². The number of nitrogens with two attached hydrogens (primary N) is 2. The highest BCUT2D eigenvalue weighted by Crippen LogP contribution is 1.96. The Labute approximate surface area is 72.2 Å². The number of rotatable bonds is 9. The third-order valence-corrected chi connectivity index (χ3v) is 1.56. The fourth-order valence-corrected chi connectivity index (χ4v) is 0.926. The van der Waals surface area contributed by atoms with Crippen molar-refractivity contribution in [2.45, 2.75) is 25.7 Å². The monoisotopic (exact) mass is 178 g/mol. The fraction of sp³-hybridized carbons (Fsp3) is 1.00. The lowest BCUT2D eigenvalue weighted by molar-refractivity contribution is -0.650. The van der Waals surface area contributed by atoms with Gasteiger partial charge in [-0.1, -0.05) is 12.8 Å². The summed E-state index contributed by atoms with van der Waals surface area (Å²) in [5, 5.41) is 19.6. The molecule has 0 bridgehead atoms. The third kappa shape index (κ3) is 9.76. The van der Waals surface area contributed by atoms with Gasteiger partial charge in [0.05, 0.1) is 0 Å². The van der Waals surface area contributed by atoms with E-state index in [2.05, 4.69) is 10.9 Å². The van der Waals surface area contributed by atoms with E-state index in [1.807, 2.05) is 0 Å². The standard InChI is InChI=1S/C6H18N4O2/c11-9-7-5-3-1-2-4-6-8-10-12/h7-8H,1-6,9-10H2. The van der Waals surface area contributed by atoms with Gasteiger partial charge in [-0.05, 0) is 12.8 Å². The molecule has 6 nitrogen and oxygen atoms in total. The first kappa shape index (κ1) is 11.8. The maximum atomic E-state index is 9.82. The highest BCUT2D eigenvalue weighted by molar-refractivity contribution is 4.44. The molecule has 0 aromatic carbocycles. The van der Waals surface area contributed by atoms with Gasteiger partial charge in [-0.25, -0.2) is 0 Å². The molecule has 0 aromatic heterocycles. The van der Waals surface area contributed by atoms with E-state index in [9.17, 15) is 10.4 Å². The molecule has 6 N–H and O–H groups in total. The summed E-state index contributed by atoms with van der Waals surface area (Å²) in [4.78, 5) is 0. The van der Waals surface area contributed by atoms with Crippen LogP contribution in [0.3, 0.4) is 0 Å². The summed E-state index contributed by atoms with van der Waals surface area (Å²) in [6.07, 6.45) is 4.22. The zero-order valence-corrected chi connectivity index (χ0v) is 7.21. The molecule has 0 aliphatic rings. The van der Waals surface area contributed by atoms with E-state index < -0.39 is 0 Å². The second-order valence-electron chi connectivity index (χ2n) is 2.56. The lowest BCUT2D eigenvalue weighted by Gasteiger charge is -2.04. The van der Waals surface area contributed by atoms with Crippen molar-refractivity contribution < 1.29 is 11.2 Å². The SMILES string of the molecule is [O-][NH2+]NCCCCCCN[NH2+][O-]. The van der Waals surface area contributed by atoms with E-state index in [4.69, 9.17) is 0 Å². The second-order valence-corrected chi connectivity index (χ2v) is 2.56. The van der Waals surface area contributed by atoms with Crippen LogP contribution in [0, 0.1) is 10.4 Å². The third-order valence-electron chi connectivity index (χ3n) is 1.56. The van der Waals surface area contributed by atoms with Crippen molar-refractivity contribution in [3.05, 3.63) is 10.4 Å². The van der Waals surface area contributed by atoms with Crippen LogP contribution in [0.1, 0.15) is 25.7 Å². The van der Waals surface area contributed by atoms with Gasteiger partial charge >= 0.3 is 0 Å². The van der Waals surface area contributed by atoms with Crippen LogP contribution in [0.4, 0.5) is 0 Å². The maximum absolute atomic E-state index is 9.82. The van der Waals surface area contributed by atoms with Crippen molar-refractivity contribution in [2.24, 2.45) is 0 Å². The van der Waals surface area contributed by atoms with Crippen molar-refractivity contribution in [3.8, 4) is 0 Å². The Bertz CT molecular complexity index is 73.9. The Hall–Kier alpha value is -0.240. The summed E-state index contributed by atoms with van der Waals surface area (Å²) in [5.74, 6) is 0. The predicted molar refractivity (Wildman–Crippen MR) is 45.1 cm³/mol. The van der Waals surface area contributed by atoms with Gasteiger partial charge in [0.15, 0.2) is 0 Å². The molecule has 0 spiro atoms. The van der Waals surface area contributed by atoms with E-state index in [1.165, 1.54) is 0 Å². The molecule has 0 unspecified atom stereocenters. The second kappa shape index (κ2) is 10.8. The average molecular weight is 178 g/mol. The average Bonchev–Trinajstić information content (AvgIpc) is 2.10. The van der Waals surface area contributed by atoms with Gasteiger partial charge in [0.25, 0.3) is 0 Å². The maximum Gasteiger partial charge on any atom is 0.0447 e. The van der Waals surface area contributed by atoms with Crippen LogP contribution in [0.25, 0.3) is 0 Å². The lowest BCUT2D eigenvalue weighted by atomic mass is 10.2. The van der Waals surface area contributed by atoms with Crippen LogP contribution in [0.15, 0.2) is 0 Å². The topological polar surface area (TPSA) is 103 Å². The first-order valence-corrected chi connectivity index (χ1v) is 4.26. The van der Waals surface area contributed by atoms with Gasteiger partial charge in [0, 0.05) is 13.1 Å².